The predicted molar refractivity (Wildman–Crippen MR) is 31.1 cm³/mol. The second kappa shape index (κ2) is 4.35. The standard InChI is InChI=1S/C6H9NO/c1-2-6(8)4-3-5-7/h3-4,6,8H,2H2,1H3/b4-3+. The van der Waals surface area contributed by atoms with E-state index in [9.17, 15) is 0 Å². The molecule has 8 heavy (non-hydrogen) atoms. The fourth-order valence-electron chi connectivity index (χ4n) is 0.290. The minimum absolute atomic E-state index is 0.449. The third-order valence-corrected chi connectivity index (χ3v) is 0.811. The van der Waals surface area contributed by atoms with Gasteiger partial charge in [-0.25, -0.2) is 0 Å². The quantitative estimate of drug-likeness (QED) is 0.536. The largest absolute Gasteiger partial charge is 0.389 e. The number of rotatable bonds is 2. The van der Waals surface area contributed by atoms with Crippen LogP contribution < -0.4 is 0 Å². The lowest BCUT2D eigenvalue weighted by Crippen LogP contribution is -1.97. The Labute approximate surface area is 49.1 Å². The van der Waals surface area contributed by atoms with Crippen molar-refractivity contribution in [1.29, 1.82) is 5.26 Å². The third kappa shape index (κ3) is 3.38. The van der Waals surface area contributed by atoms with Crippen LogP contribution in [-0.4, -0.2) is 11.2 Å². The van der Waals surface area contributed by atoms with Gasteiger partial charge >= 0.3 is 0 Å². The van der Waals surface area contributed by atoms with Gasteiger partial charge in [-0.3, -0.25) is 0 Å². The second-order valence-electron chi connectivity index (χ2n) is 1.46. The Kier molecular flexibility index (Phi) is 3.91. The number of aliphatic hydroxyl groups is 1. The third-order valence-electron chi connectivity index (χ3n) is 0.811. The molecule has 0 spiro atoms. The van der Waals surface area contributed by atoms with Crippen molar-refractivity contribution < 1.29 is 5.11 Å². The highest BCUT2D eigenvalue weighted by Crippen LogP contribution is 1.89. The molecule has 0 radical (unpaired) electrons. The van der Waals surface area contributed by atoms with E-state index in [1.54, 1.807) is 6.07 Å². The second-order valence-corrected chi connectivity index (χ2v) is 1.46. The minimum atomic E-state index is -0.449. The Balaban J connectivity index is 3.40. The zero-order chi connectivity index (χ0) is 6.41. The van der Waals surface area contributed by atoms with Crippen LogP contribution in [0.3, 0.4) is 0 Å². The van der Waals surface area contributed by atoms with Crippen LogP contribution in [0.2, 0.25) is 0 Å². The Morgan fingerprint density at radius 1 is 1.88 bits per heavy atom. The molecule has 0 saturated carbocycles. The van der Waals surface area contributed by atoms with Crippen molar-refractivity contribution >= 4 is 0 Å². The van der Waals surface area contributed by atoms with Crippen molar-refractivity contribution in [1.82, 2.24) is 0 Å². The van der Waals surface area contributed by atoms with Gasteiger partial charge in [-0.05, 0) is 12.5 Å². The minimum Gasteiger partial charge on any atom is -0.389 e. The van der Waals surface area contributed by atoms with E-state index in [1.807, 2.05) is 6.92 Å². The van der Waals surface area contributed by atoms with Gasteiger partial charge in [0.25, 0.3) is 0 Å². The summed E-state index contributed by atoms with van der Waals surface area (Å²) >= 11 is 0. The topological polar surface area (TPSA) is 44.0 Å². The van der Waals surface area contributed by atoms with Gasteiger partial charge in [0.15, 0.2) is 0 Å². The molecular weight excluding hydrogens is 102 g/mol. The summed E-state index contributed by atoms with van der Waals surface area (Å²) in [4.78, 5) is 0. The van der Waals surface area contributed by atoms with Gasteiger partial charge < -0.3 is 5.11 Å². The number of hydrogen-bond donors (Lipinski definition) is 1. The maximum Gasteiger partial charge on any atom is 0.0909 e. The zero-order valence-electron chi connectivity index (χ0n) is 4.83. The summed E-state index contributed by atoms with van der Waals surface area (Å²) in [6.45, 7) is 1.85. The summed E-state index contributed by atoms with van der Waals surface area (Å²) in [5, 5.41) is 16.7. The van der Waals surface area contributed by atoms with E-state index in [0.717, 1.165) is 0 Å². The predicted octanol–water partition coefficient (Wildman–Crippen LogP) is 0.837. The Morgan fingerprint density at radius 3 is 2.88 bits per heavy atom. The molecule has 0 heterocycles. The van der Waals surface area contributed by atoms with Gasteiger partial charge in [0, 0.05) is 6.08 Å². The molecule has 0 aliphatic carbocycles. The molecule has 1 atom stereocenters. The van der Waals surface area contributed by atoms with Crippen LogP contribution in [0.5, 0.6) is 0 Å². The van der Waals surface area contributed by atoms with E-state index < -0.39 is 6.10 Å². The molecule has 0 aromatic rings. The van der Waals surface area contributed by atoms with Crippen molar-refractivity contribution in [2.24, 2.45) is 0 Å². The number of hydrogen-bond acceptors (Lipinski definition) is 2. The zero-order valence-corrected chi connectivity index (χ0v) is 4.83. The highest BCUT2D eigenvalue weighted by Gasteiger charge is 1.89. The van der Waals surface area contributed by atoms with E-state index >= 15 is 0 Å². The Hall–Kier alpha value is -0.810. The smallest absolute Gasteiger partial charge is 0.0909 e. The highest BCUT2D eigenvalue weighted by atomic mass is 16.3. The molecule has 2 nitrogen and oxygen atoms in total. The van der Waals surface area contributed by atoms with E-state index in [0.29, 0.717) is 6.42 Å². The van der Waals surface area contributed by atoms with Crippen LogP contribution in [0.1, 0.15) is 13.3 Å². The van der Waals surface area contributed by atoms with Crippen molar-refractivity contribution in [2.45, 2.75) is 19.4 Å². The van der Waals surface area contributed by atoms with Crippen LogP contribution in [0.25, 0.3) is 0 Å². The van der Waals surface area contributed by atoms with Gasteiger partial charge in [-0.15, -0.1) is 0 Å². The lowest BCUT2D eigenvalue weighted by Gasteiger charge is -1.94. The van der Waals surface area contributed by atoms with Crippen LogP contribution in [-0.2, 0) is 0 Å². The summed E-state index contributed by atoms with van der Waals surface area (Å²) in [6.07, 6.45) is 2.97. The average Bonchev–Trinajstić information content (AvgIpc) is 1.83. The fraction of sp³-hybridized carbons (Fsp3) is 0.500. The fourth-order valence-corrected chi connectivity index (χ4v) is 0.290. The van der Waals surface area contributed by atoms with Crippen LogP contribution in [0.15, 0.2) is 12.2 Å². The molecule has 1 unspecified atom stereocenters. The molecule has 0 amide bonds. The molecule has 0 saturated heterocycles. The molecule has 0 aromatic heterocycles. The van der Waals surface area contributed by atoms with Crippen molar-refractivity contribution in [3.8, 4) is 6.07 Å². The van der Waals surface area contributed by atoms with Gasteiger partial charge in [0.1, 0.15) is 0 Å². The summed E-state index contributed by atoms with van der Waals surface area (Å²) in [5.74, 6) is 0. The number of allylic oxidation sites excluding steroid dienone is 1. The van der Waals surface area contributed by atoms with Gasteiger partial charge in [0.05, 0.1) is 12.2 Å². The monoisotopic (exact) mass is 111 g/mol. The van der Waals surface area contributed by atoms with Crippen molar-refractivity contribution in [2.75, 3.05) is 0 Å². The molecule has 2 heteroatoms. The van der Waals surface area contributed by atoms with Crippen LogP contribution in [0.4, 0.5) is 0 Å². The first-order valence-corrected chi connectivity index (χ1v) is 2.55. The van der Waals surface area contributed by atoms with E-state index in [4.69, 9.17) is 10.4 Å². The van der Waals surface area contributed by atoms with Crippen LogP contribution >= 0.6 is 0 Å². The first kappa shape index (κ1) is 7.19. The Bertz CT molecular complexity index is 112. The van der Waals surface area contributed by atoms with Gasteiger partial charge in [-0.1, -0.05) is 6.92 Å². The Morgan fingerprint density at radius 2 is 2.50 bits per heavy atom. The molecule has 0 fully saturated rings. The van der Waals surface area contributed by atoms with E-state index in [2.05, 4.69) is 0 Å². The lowest BCUT2D eigenvalue weighted by molar-refractivity contribution is 0.219. The number of nitriles is 1. The first-order chi connectivity index (χ1) is 3.81. The number of aliphatic hydroxyl groups excluding tert-OH is 1. The van der Waals surface area contributed by atoms with Crippen molar-refractivity contribution in [3.05, 3.63) is 12.2 Å². The molecule has 0 aromatic carbocycles. The highest BCUT2D eigenvalue weighted by molar-refractivity contribution is 5.03. The molecule has 0 rings (SSSR count). The first-order valence-electron chi connectivity index (χ1n) is 2.55. The maximum absolute atomic E-state index is 8.75. The SMILES string of the molecule is CCC(O)/C=C/C#N. The van der Waals surface area contributed by atoms with E-state index in [1.165, 1.54) is 12.2 Å². The molecule has 0 aliphatic rings. The average molecular weight is 111 g/mol. The molecule has 1 N–H and O–H groups in total. The van der Waals surface area contributed by atoms with E-state index in [-0.39, 0.29) is 0 Å². The molecule has 44 valence electrons. The molecule has 0 bridgehead atoms. The molecular formula is C6H9NO. The van der Waals surface area contributed by atoms with Gasteiger partial charge in [0.2, 0.25) is 0 Å². The normalized spacial score (nSPS) is 13.6. The molecule has 0 aliphatic heterocycles. The summed E-state index contributed by atoms with van der Waals surface area (Å²) in [6, 6.07) is 1.79. The summed E-state index contributed by atoms with van der Waals surface area (Å²) in [7, 11) is 0. The van der Waals surface area contributed by atoms with Gasteiger partial charge in [-0.2, -0.15) is 5.26 Å². The summed E-state index contributed by atoms with van der Waals surface area (Å²) < 4.78 is 0. The summed E-state index contributed by atoms with van der Waals surface area (Å²) in [5.41, 5.74) is 0. The maximum atomic E-state index is 8.75. The van der Waals surface area contributed by atoms with Crippen molar-refractivity contribution in [3.63, 3.8) is 0 Å². The van der Waals surface area contributed by atoms with Crippen LogP contribution in [0, 0.1) is 11.3 Å². The lowest BCUT2D eigenvalue weighted by atomic mass is 10.3. The number of nitrogens with zero attached hydrogens (tertiary/aromatic N) is 1.